The summed E-state index contributed by atoms with van der Waals surface area (Å²) >= 11 is 0. The van der Waals surface area contributed by atoms with Gasteiger partial charge in [-0.1, -0.05) is 17.3 Å². The second-order valence-electron chi connectivity index (χ2n) is 7.85. The summed E-state index contributed by atoms with van der Waals surface area (Å²) in [6.07, 6.45) is 8.56. The fraction of sp³-hybridized carbons (Fsp3) is 0.381. The molecule has 1 aromatic carbocycles. The Morgan fingerprint density at radius 1 is 1.16 bits per heavy atom. The van der Waals surface area contributed by atoms with Crippen LogP contribution >= 0.6 is 0 Å². The highest BCUT2D eigenvalue weighted by Gasteiger charge is 2.22. The average Bonchev–Trinajstić information content (AvgIpc) is 3.52. The maximum absolute atomic E-state index is 6.01. The molecule has 2 atom stereocenters. The highest BCUT2D eigenvalue weighted by molar-refractivity contribution is 5.72. The Kier molecular flexibility index (Phi) is 5.31. The van der Waals surface area contributed by atoms with Gasteiger partial charge in [0.05, 0.1) is 31.2 Å². The third kappa shape index (κ3) is 4.12. The maximum atomic E-state index is 6.01. The van der Waals surface area contributed by atoms with E-state index in [1.165, 1.54) is 0 Å². The summed E-state index contributed by atoms with van der Waals surface area (Å²) in [5.74, 6) is 0.579. The van der Waals surface area contributed by atoms with Gasteiger partial charge in [0, 0.05) is 31.0 Å². The van der Waals surface area contributed by atoms with Crippen LogP contribution in [0, 0.1) is 0 Å². The maximum Gasteiger partial charge on any atom is 0.225 e. The van der Waals surface area contributed by atoms with Crippen molar-refractivity contribution in [1.82, 2.24) is 34.7 Å². The van der Waals surface area contributed by atoms with Crippen LogP contribution in [0.5, 0.6) is 0 Å². The number of nitrogens with zero attached hydrogens (tertiary/aromatic N) is 7. The molecule has 5 rings (SSSR count). The summed E-state index contributed by atoms with van der Waals surface area (Å²) in [4.78, 5) is 9.04. The van der Waals surface area contributed by atoms with Crippen LogP contribution in [-0.2, 0) is 11.3 Å². The molecule has 0 spiro atoms. The zero-order valence-electron chi connectivity index (χ0n) is 17.3. The Balaban J connectivity index is 1.37. The molecule has 3 heterocycles. The first-order valence-electron chi connectivity index (χ1n) is 10.4. The van der Waals surface area contributed by atoms with E-state index in [1.807, 2.05) is 41.3 Å². The van der Waals surface area contributed by atoms with Crippen molar-refractivity contribution in [3.8, 4) is 16.8 Å². The topological polar surface area (TPSA) is 122 Å². The predicted molar refractivity (Wildman–Crippen MR) is 117 cm³/mol. The van der Waals surface area contributed by atoms with Crippen LogP contribution in [0.4, 0.5) is 5.95 Å². The average molecular weight is 419 g/mol. The molecule has 0 amide bonds. The number of nitrogens with two attached hydrogens (primary N) is 1. The number of hydrogen-bond acceptors (Lipinski definition) is 8. The lowest BCUT2D eigenvalue weighted by atomic mass is 10.1. The quantitative estimate of drug-likeness (QED) is 0.467. The Hall–Kier alpha value is -3.37. The predicted octanol–water partition coefficient (Wildman–Crippen LogP) is 2.01. The number of ether oxygens (including phenoxy) is 1. The number of benzene rings is 1. The van der Waals surface area contributed by atoms with E-state index in [2.05, 4.69) is 30.7 Å². The van der Waals surface area contributed by atoms with E-state index < -0.39 is 0 Å². The van der Waals surface area contributed by atoms with Gasteiger partial charge in [-0.3, -0.25) is 4.68 Å². The van der Waals surface area contributed by atoms with Gasteiger partial charge in [-0.2, -0.15) is 14.8 Å². The molecule has 0 saturated heterocycles. The first-order valence-corrected chi connectivity index (χ1v) is 10.4. The SMILES string of the molecule is COCCn1cc(-c2ccc(-n3nnc4cnc(N[C@@H]5CC[C@@H](N)C5)nc43)cc2)cn1. The monoisotopic (exact) mass is 419 g/mol. The minimum Gasteiger partial charge on any atom is -0.383 e. The second-order valence-corrected chi connectivity index (χ2v) is 7.85. The van der Waals surface area contributed by atoms with Crippen molar-refractivity contribution in [3.63, 3.8) is 0 Å². The lowest BCUT2D eigenvalue weighted by Gasteiger charge is -2.12. The highest BCUT2D eigenvalue weighted by Crippen LogP contribution is 2.23. The number of methoxy groups -OCH3 is 1. The molecule has 4 aromatic rings. The third-order valence-corrected chi connectivity index (χ3v) is 5.60. The molecule has 1 aliphatic rings. The molecule has 31 heavy (non-hydrogen) atoms. The van der Waals surface area contributed by atoms with E-state index in [-0.39, 0.29) is 6.04 Å². The molecule has 3 aromatic heterocycles. The van der Waals surface area contributed by atoms with Crippen molar-refractivity contribution in [2.24, 2.45) is 5.73 Å². The summed E-state index contributed by atoms with van der Waals surface area (Å²) in [6.45, 7) is 1.36. The van der Waals surface area contributed by atoms with Gasteiger partial charge >= 0.3 is 0 Å². The molecular weight excluding hydrogens is 394 g/mol. The van der Waals surface area contributed by atoms with Gasteiger partial charge in [0.15, 0.2) is 11.2 Å². The summed E-state index contributed by atoms with van der Waals surface area (Å²) in [5.41, 5.74) is 10.3. The summed E-state index contributed by atoms with van der Waals surface area (Å²) in [6, 6.07) is 8.64. The molecule has 10 nitrogen and oxygen atoms in total. The number of nitrogens with one attached hydrogen (secondary N) is 1. The molecule has 1 saturated carbocycles. The number of rotatable bonds is 7. The highest BCUT2D eigenvalue weighted by atomic mass is 16.5. The zero-order chi connectivity index (χ0) is 21.2. The van der Waals surface area contributed by atoms with Crippen LogP contribution in [0.3, 0.4) is 0 Å². The molecule has 3 N–H and O–H groups in total. The van der Waals surface area contributed by atoms with Crippen molar-refractivity contribution in [3.05, 3.63) is 42.9 Å². The number of fused-ring (bicyclic) bond motifs is 1. The van der Waals surface area contributed by atoms with E-state index in [9.17, 15) is 0 Å². The van der Waals surface area contributed by atoms with E-state index in [0.717, 1.165) is 42.6 Å². The van der Waals surface area contributed by atoms with Crippen LogP contribution in [0.1, 0.15) is 19.3 Å². The van der Waals surface area contributed by atoms with Gasteiger partial charge in [-0.05, 0) is 37.0 Å². The van der Waals surface area contributed by atoms with Gasteiger partial charge in [0.25, 0.3) is 0 Å². The number of anilines is 1. The Labute approximate surface area is 179 Å². The first-order chi connectivity index (χ1) is 15.2. The van der Waals surface area contributed by atoms with E-state index >= 15 is 0 Å². The van der Waals surface area contributed by atoms with Crippen LogP contribution in [0.25, 0.3) is 28.0 Å². The Bertz CT molecular complexity index is 1170. The van der Waals surface area contributed by atoms with Crippen molar-refractivity contribution < 1.29 is 4.74 Å². The second kappa shape index (κ2) is 8.40. The van der Waals surface area contributed by atoms with E-state index in [4.69, 9.17) is 10.5 Å². The lowest BCUT2D eigenvalue weighted by Crippen LogP contribution is -2.21. The van der Waals surface area contributed by atoms with Gasteiger partial charge in [-0.15, -0.1) is 5.10 Å². The van der Waals surface area contributed by atoms with Crippen LogP contribution in [0.2, 0.25) is 0 Å². The Morgan fingerprint density at radius 3 is 2.81 bits per heavy atom. The summed E-state index contributed by atoms with van der Waals surface area (Å²) in [5, 5.41) is 16.3. The van der Waals surface area contributed by atoms with Crippen molar-refractivity contribution in [1.29, 1.82) is 0 Å². The molecule has 160 valence electrons. The number of hydrogen-bond donors (Lipinski definition) is 2. The molecular formula is C21H25N9O. The van der Waals surface area contributed by atoms with E-state index in [1.54, 1.807) is 18.0 Å². The molecule has 0 radical (unpaired) electrons. The fourth-order valence-corrected chi connectivity index (χ4v) is 3.92. The fourth-order valence-electron chi connectivity index (χ4n) is 3.92. The molecule has 0 aliphatic heterocycles. The molecule has 0 bridgehead atoms. The smallest absolute Gasteiger partial charge is 0.225 e. The van der Waals surface area contributed by atoms with Gasteiger partial charge in [0.1, 0.15) is 0 Å². The first kappa shape index (κ1) is 19.6. The minimum absolute atomic E-state index is 0.249. The van der Waals surface area contributed by atoms with Crippen LogP contribution in [-0.4, -0.2) is 60.5 Å². The summed E-state index contributed by atoms with van der Waals surface area (Å²) in [7, 11) is 1.69. The standard InChI is InChI=1S/C21H25N9O/c1-31-9-8-29-13-15(11-24-29)14-2-6-18(7-3-14)30-20-19(27-28-30)12-23-21(26-20)25-17-5-4-16(22)10-17/h2-3,6-7,11-13,16-17H,4-5,8-10,22H2,1H3,(H,23,25,26)/t16-,17-/m1/s1. The minimum atomic E-state index is 0.249. The third-order valence-electron chi connectivity index (χ3n) is 5.60. The van der Waals surface area contributed by atoms with Crippen molar-refractivity contribution in [2.75, 3.05) is 19.0 Å². The van der Waals surface area contributed by atoms with E-state index in [0.29, 0.717) is 29.8 Å². The van der Waals surface area contributed by atoms with Crippen LogP contribution < -0.4 is 11.1 Å². The van der Waals surface area contributed by atoms with Gasteiger partial charge < -0.3 is 15.8 Å². The number of aromatic nitrogens is 7. The van der Waals surface area contributed by atoms with Crippen molar-refractivity contribution >= 4 is 17.1 Å². The van der Waals surface area contributed by atoms with Gasteiger partial charge in [0.2, 0.25) is 5.95 Å². The largest absolute Gasteiger partial charge is 0.383 e. The summed E-state index contributed by atoms with van der Waals surface area (Å²) < 4.78 is 8.71. The van der Waals surface area contributed by atoms with Crippen LogP contribution in [0.15, 0.2) is 42.9 Å². The van der Waals surface area contributed by atoms with Crippen molar-refractivity contribution in [2.45, 2.75) is 37.9 Å². The van der Waals surface area contributed by atoms with Gasteiger partial charge in [-0.25, -0.2) is 4.98 Å². The normalized spacial score (nSPS) is 18.6. The lowest BCUT2D eigenvalue weighted by molar-refractivity contribution is 0.183. The molecule has 1 fully saturated rings. The Morgan fingerprint density at radius 2 is 2.03 bits per heavy atom. The molecule has 10 heteroatoms. The zero-order valence-corrected chi connectivity index (χ0v) is 17.3. The molecule has 1 aliphatic carbocycles. The molecule has 0 unspecified atom stereocenters.